The van der Waals surface area contributed by atoms with Gasteiger partial charge in [-0.1, -0.05) is 43.3 Å². The number of aromatic amines is 1. The van der Waals surface area contributed by atoms with Gasteiger partial charge in [0.25, 0.3) is 5.56 Å². The minimum absolute atomic E-state index is 0.0297. The molecule has 1 N–H and O–H groups in total. The first-order valence-electron chi connectivity index (χ1n) is 9.78. The number of rotatable bonds is 6. The first-order valence-corrected chi connectivity index (χ1v) is 9.78. The summed E-state index contributed by atoms with van der Waals surface area (Å²) in [4.78, 5) is 41.3. The summed E-state index contributed by atoms with van der Waals surface area (Å²) < 4.78 is 6.59. The normalized spacial score (nSPS) is 11.1. The number of hydrogen-bond donors (Lipinski definition) is 1. The molecule has 7 nitrogen and oxygen atoms in total. The van der Waals surface area contributed by atoms with Gasteiger partial charge in [-0.25, -0.2) is 9.48 Å². The molecule has 0 aliphatic heterocycles. The highest BCUT2D eigenvalue weighted by atomic mass is 16.5. The Balaban J connectivity index is 1.63. The van der Waals surface area contributed by atoms with Crippen molar-refractivity contribution in [2.45, 2.75) is 26.8 Å². The van der Waals surface area contributed by atoms with Crippen molar-refractivity contribution in [2.24, 2.45) is 0 Å². The topological polar surface area (TPSA) is 94.1 Å². The third-order valence-electron chi connectivity index (χ3n) is 5.00. The molecule has 0 fully saturated rings. The van der Waals surface area contributed by atoms with Gasteiger partial charge in [0, 0.05) is 34.1 Å². The molecule has 0 unspecified atom stereocenters. The number of hydrogen-bond acceptors (Lipinski definition) is 5. The van der Waals surface area contributed by atoms with E-state index in [1.165, 1.54) is 4.68 Å². The van der Waals surface area contributed by atoms with E-state index in [1.54, 1.807) is 24.3 Å². The van der Waals surface area contributed by atoms with Crippen LogP contribution in [0.15, 0.2) is 53.3 Å². The zero-order chi connectivity index (χ0) is 21.3. The van der Waals surface area contributed by atoms with Gasteiger partial charge < -0.3 is 9.72 Å². The average Bonchev–Trinajstić information content (AvgIpc) is 3.09. The molecule has 2 aromatic heterocycles. The summed E-state index contributed by atoms with van der Waals surface area (Å²) in [6.07, 6.45) is 0.693. The number of benzene rings is 2. The van der Waals surface area contributed by atoms with Crippen molar-refractivity contribution >= 4 is 33.4 Å². The second kappa shape index (κ2) is 7.94. The maximum Gasteiger partial charge on any atom is 0.359 e. The van der Waals surface area contributed by atoms with Crippen LogP contribution in [0.4, 0.5) is 0 Å². The highest BCUT2D eigenvalue weighted by Crippen LogP contribution is 2.22. The molecule has 0 amide bonds. The highest BCUT2D eigenvalue weighted by Gasteiger charge is 2.21. The second-order valence-corrected chi connectivity index (χ2v) is 7.09. The van der Waals surface area contributed by atoms with Crippen LogP contribution in [0.25, 0.3) is 21.7 Å². The van der Waals surface area contributed by atoms with E-state index in [0.29, 0.717) is 29.3 Å². The molecule has 7 heteroatoms. The molecule has 4 rings (SSSR count). The quantitative estimate of drug-likeness (QED) is 0.392. The number of carbonyl (C=O) groups excluding carboxylic acids is 2. The zero-order valence-corrected chi connectivity index (χ0v) is 16.8. The van der Waals surface area contributed by atoms with E-state index < -0.39 is 12.6 Å². The smallest absolute Gasteiger partial charge is 0.359 e. The number of ketones is 1. The van der Waals surface area contributed by atoms with Crippen LogP contribution in [-0.2, 0) is 11.3 Å². The van der Waals surface area contributed by atoms with Crippen molar-refractivity contribution in [3.05, 3.63) is 75.8 Å². The molecule has 0 saturated heterocycles. The molecular weight excluding hydrogens is 382 g/mol. The molecule has 0 aliphatic rings. The minimum atomic E-state index is -0.734. The standard InChI is InChI=1S/C23H21N3O4/c1-3-12-26-22(28)16-9-5-4-8-15(16)21(25-26)23(29)30-13-19(27)20-14(2)24-18-11-7-6-10-17(18)20/h4-11,24H,3,12-13H2,1-2H3. The third kappa shape index (κ3) is 3.39. The number of nitrogens with zero attached hydrogens (tertiary/aromatic N) is 2. The number of fused-ring (bicyclic) bond motifs is 2. The molecule has 0 saturated carbocycles. The summed E-state index contributed by atoms with van der Waals surface area (Å²) in [5.41, 5.74) is 1.85. The molecule has 2 heterocycles. The molecule has 0 radical (unpaired) electrons. The van der Waals surface area contributed by atoms with E-state index in [0.717, 1.165) is 16.6 Å². The number of aryl methyl sites for hydroxylation is 2. The van der Waals surface area contributed by atoms with E-state index in [1.807, 2.05) is 38.1 Å². The lowest BCUT2D eigenvalue weighted by Crippen LogP contribution is -2.27. The Labute approximate surface area is 172 Å². The van der Waals surface area contributed by atoms with Crippen molar-refractivity contribution < 1.29 is 14.3 Å². The Morgan fingerprint density at radius 2 is 1.70 bits per heavy atom. The summed E-state index contributed by atoms with van der Waals surface area (Å²) in [5.74, 6) is -1.04. The Kier molecular flexibility index (Phi) is 5.18. The van der Waals surface area contributed by atoms with Gasteiger partial charge in [-0.15, -0.1) is 0 Å². The number of para-hydroxylation sites is 1. The van der Waals surface area contributed by atoms with Crippen LogP contribution in [0, 0.1) is 6.92 Å². The monoisotopic (exact) mass is 403 g/mol. The van der Waals surface area contributed by atoms with Crippen LogP contribution in [0.1, 0.15) is 39.9 Å². The lowest BCUT2D eigenvalue weighted by atomic mass is 10.1. The number of aromatic nitrogens is 3. The molecule has 2 aromatic carbocycles. The van der Waals surface area contributed by atoms with Gasteiger partial charge >= 0.3 is 5.97 Å². The summed E-state index contributed by atoms with van der Waals surface area (Å²) in [6.45, 7) is 3.70. The number of H-pyrrole nitrogens is 1. The SMILES string of the molecule is CCCn1nc(C(=O)OCC(=O)c2c(C)[nH]c3ccccc23)c2ccccc2c1=O. The lowest BCUT2D eigenvalue weighted by Gasteiger charge is -2.10. The first-order chi connectivity index (χ1) is 14.5. The highest BCUT2D eigenvalue weighted by molar-refractivity contribution is 6.11. The van der Waals surface area contributed by atoms with Crippen LogP contribution in [-0.4, -0.2) is 33.1 Å². The van der Waals surface area contributed by atoms with Crippen molar-refractivity contribution in [2.75, 3.05) is 6.61 Å². The third-order valence-corrected chi connectivity index (χ3v) is 5.00. The van der Waals surface area contributed by atoms with Crippen LogP contribution in [0.2, 0.25) is 0 Å². The Bertz CT molecular complexity index is 1330. The number of nitrogens with one attached hydrogen (secondary N) is 1. The number of carbonyl (C=O) groups is 2. The predicted molar refractivity (Wildman–Crippen MR) is 114 cm³/mol. The van der Waals surface area contributed by atoms with E-state index in [4.69, 9.17) is 4.74 Å². The van der Waals surface area contributed by atoms with E-state index in [9.17, 15) is 14.4 Å². The van der Waals surface area contributed by atoms with Crippen molar-refractivity contribution in [3.8, 4) is 0 Å². The Morgan fingerprint density at radius 3 is 2.43 bits per heavy atom. The van der Waals surface area contributed by atoms with Gasteiger partial charge in [0.05, 0.1) is 5.39 Å². The first kappa shape index (κ1) is 19.6. The largest absolute Gasteiger partial charge is 0.452 e. The fourth-order valence-corrected chi connectivity index (χ4v) is 3.66. The van der Waals surface area contributed by atoms with Gasteiger partial charge in [-0.2, -0.15) is 5.10 Å². The van der Waals surface area contributed by atoms with Gasteiger partial charge in [-0.05, 0) is 25.5 Å². The van der Waals surface area contributed by atoms with Crippen LogP contribution < -0.4 is 5.56 Å². The maximum atomic E-state index is 12.8. The zero-order valence-electron chi connectivity index (χ0n) is 16.8. The lowest BCUT2D eigenvalue weighted by molar-refractivity contribution is 0.0468. The average molecular weight is 403 g/mol. The van der Waals surface area contributed by atoms with E-state index in [2.05, 4.69) is 10.1 Å². The Hall–Kier alpha value is -3.74. The summed E-state index contributed by atoms with van der Waals surface area (Å²) >= 11 is 0. The molecular formula is C23H21N3O4. The summed E-state index contributed by atoms with van der Waals surface area (Å²) in [7, 11) is 0. The number of ether oxygens (including phenoxy) is 1. The fourth-order valence-electron chi connectivity index (χ4n) is 3.66. The van der Waals surface area contributed by atoms with E-state index >= 15 is 0 Å². The fraction of sp³-hybridized carbons (Fsp3) is 0.217. The number of esters is 1. The van der Waals surface area contributed by atoms with Crippen LogP contribution >= 0.6 is 0 Å². The predicted octanol–water partition coefficient (Wildman–Crippen LogP) is 3.64. The van der Waals surface area contributed by atoms with Gasteiger partial charge in [0.15, 0.2) is 12.3 Å². The molecule has 0 bridgehead atoms. The van der Waals surface area contributed by atoms with Crippen molar-refractivity contribution in [1.29, 1.82) is 0 Å². The van der Waals surface area contributed by atoms with E-state index in [-0.39, 0.29) is 17.0 Å². The van der Waals surface area contributed by atoms with Crippen molar-refractivity contribution in [1.82, 2.24) is 14.8 Å². The summed E-state index contributed by atoms with van der Waals surface area (Å²) in [5, 5.41) is 5.81. The molecule has 30 heavy (non-hydrogen) atoms. The summed E-state index contributed by atoms with van der Waals surface area (Å²) in [6, 6.07) is 14.2. The Morgan fingerprint density at radius 1 is 1.03 bits per heavy atom. The molecule has 152 valence electrons. The van der Waals surface area contributed by atoms with Crippen LogP contribution in [0.3, 0.4) is 0 Å². The van der Waals surface area contributed by atoms with Crippen LogP contribution in [0.5, 0.6) is 0 Å². The van der Waals surface area contributed by atoms with Gasteiger partial charge in [0.1, 0.15) is 0 Å². The molecule has 0 aliphatic carbocycles. The second-order valence-electron chi connectivity index (χ2n) is 7.09. The maximum absolute atomic E-state index is 12.8. The number of Topliss-reactive ketones (excluding diaryl/α,β-unsaturated/α-hetero) is 1. The molecule has 0 spiro atoms. The van der Waals surface area contributed by atoms with Gasteiger partial charge in [-0.3, -0.25) is 9.59 Å². The molecule has 0 atom stereocenters. The molecule has 4 aromatic rings. The van der Waals surface area contributed by atoms with Crippen molar-refractivity contribution in [3.63, 3.8) is 0 Å². The minimum Gasteiger partial charge on any atom is -0.452 e. The van der Waals surface area contributed by atoms with Gasteiger partial charge in [0.2, 0.25) is 5.78 Å².